The monoisotopic (exact) mass is 249 g/mol. The van der Waals surface area contributed by atoms with Crippen LogP contribution < -0.4 is 14.8 Å². The first-order valence-corrected chi connectivity index (χ1v) is 6.80. The van der Waals surface area contributed by atoms with Crippen LogP contribution in [0.4, 0.5) is 0 Å². The minimum absolute atomic E-state index is 0.248. The highest BCUT2D eigenvalue weighted by molar-refractivity contribution is 5.40. The van der Waals surface area contributed by atoms with Gasteiger partial charge < -0.3 is 14.8 Å². The van der Waals surface area contributed by atoms with Crippen LogP contribution in [0, 0.1) is 0 Å². The van der Waals surface area contributed by atoms with Crippen molar-refractivity contribution < 1.29 is 9.47 Å². The van der Waals surface area contributed by atoms with Crippen LogP contribution in [0.15, 0.2) is 18.2 Å². The van der Waals surface area contributed by atoms with Gasteiger partial charge >= 0.3 is 0 Å². The van der Waals surface area contributed by atoms with E-state index in [0.717, 1.165) is 24.5 Å². The van der Waals surface area contributed by atoms with Gasteiger partial charge in [0.25, 0.3) is 0 Å². The lowest BCUT2D eigenvalue weighted by Gasteiger charge is -2.17. The van der Waals surface area contributed by atoms with Gasteiger partial charge in [-0.1, -0.05) is 6.92 Å². The smallest absolute Gasteiger partial charge is 0.124 e. The van der Waals surface area contributed by atoms with Gasteiger partial charge in [0.05, 0.1) is 13.2 Å². The molecular weight excluding hydrogens is 226 g/mol. The Morgan fingerprint density at radius 3 is 2.78 bits per heavy atom. The first-order valence-electron chi connectivity index (χ1n) is 6.80. The lowest BCUT2D eigenvalue weighted by atomic mass is 10.1. The van der Waals surface area contributed by atoms with Crippen LogP contribution in [0.2, 0.25) is 0 Å². The van der Waals surface area contributed by atoms with Crippen molar-refractivity contribution in [1.29, 1.82) is 0 Å². The summed E-state index contributed by atoms with van der Waals surface area (Å²) in [6, 6.07) is 6.73. The zero-order chi connectivity index (χ0) is 13.0. The Hall–Kier alpha value is -1.22. The minimum atomic E-state index is 0.248. The Balaban J connectivity index is 2.08. The summed E-state index contributed by atoms with van der Waals surface area (Å²) >= 11 is 0. The quantitative estimate of drug-likeness (QED) is 0.805. The van der Waals surface area contributed by atoms with E-state index in [9.17, 15) is 0 Å². The van der Waals surface area contributed by atoms with Gasteiger partial charge in [-0.05, 0) is 44.4 Å². The third kappa shape index (κ3) is 3.64. The topological polar surface area (TPSA) is 30.5 Å². The standard InChI is InChI=1S/C15H23NO2/c1-4-11(2)18-15-8-7-14(17-3)9-12(15)10-16-13-5-6-13/h7-9,11,13,16H,4-6,10H2,1-3H3. The van der Waals surface area contributed by atoms with E-state index in [1.807, 2.05) is 12.1 Å². The fourth-order valence-corrected chi connectivity index (χ4v) is 1.78. The third-order valence-corrected chi connectivity index (χ3v) is 3.33. The molecule has 2 rings (SSSR count). The summed E-state index contributed by atoms with van der Waals surface area (Å²) in [5.74, 6) is 1.86. The van der Waals surface area contributed by atoms with Crippen LogP contribution in [0.25, 0.3) is 0 Å². The summed E-state index contributed by atoms with van der Waals surface area (Å²) in [6.45, 7) is 5.09. The molecular formula is C15H23NO2. The Morgan fingerprint density at radius 1 is 1.39 bits per heavy atom. The Kier molecular flexibility index (Phi) is 4.48. The molecule has 1 fully saturated rings. The van der Waals surface area contributed by atoms with E-state index < -0.39 is 0 Å². The molecule has 1 aromatic rings. The summed E-state index contributed by atoms with van der Waals surface area (Å²) in [5.41, 5.74) is 1.18. The van der Waals surface area contributed by atoms with Crippen LogP contribution in [-0.4, -0.2) is 19.3 Å². The third-order valence-electron chi connectivity index (χ3n) is 3.33. The van der Waals surface area contributed by atoms with Crippen molar-refractivity contribution in [3.8, 4) is 11.5 Å². The number of hydrogen-bond donors (Lipinski definition) is 1. The summed E-state index contributed by atoms with van der Waals surface area (Å²) in [5, 5.41) is 3.52. The van der Waals surface area contributed by atoms with Gasteiger partial charge in [-0.15, -0.1) is 0 Å². The predicted molar refractivity (Wildman–Crippen MR) is 73.2 cm³/mol. The van der Waals surface area contributed by atoms with Crippen LogP contribution in [-0.2, 0) is 6.54 Å². The maximum atomic E-state index is 5.95. The summed E-state index contributed by atoms with van der Waals surface area (Å²) < 4.78 is 11.2. The number of rotatable bonds is 7. The second kappa shape index (κ2) is 6.10. The largest absolute Gasteiger partial charge is 0.497 e. The van der Waals surface area contributed by atoms with Crippen LogP contribution in [0.1, 0.15) is 38.7 Å². The number of ether oxygens (including phenoxy) is 2. The van der Waals surface area contributed by atoms with E-state index in [0.29, 0.717) is 6.04 Å². The van der Waals surface area contributed by atoms with Gasteiger partial charge in [0, 0.05) is 18.2 Å². The molecule has 3 nitrogen and oxygen atoms in total. The second-order valence-corrected chi connectivity index (χ2v) is 4.97. The molecule has 100 valence electrons. The molecule has 0 heterocycles. The summed E-state index contributed by atoms with van der Waals surface area (Å²) in [6.07, 6.45) is 3.86. The van der Waals surface area contributed by atoms with Gasteiger partial charge in [0.1, 0.15) is 11.5 Å². The molecule has 0 saturated heterocycles. The van der Waals surface area contributed by atoms with Crippen molar-refractivity contribution in [3.05, 3.63) is 23.8 Å². The van der Waals surface area contributed by atoms with E-state index in [2.05, 4.69) is 25.2 Å². The predicted octanol–water partition coefficient (Wildman–Crippen LogP) is 3.12. The molecule has 3 heteroatoms. The highest BCUT2D eigenvalue weighted by atomic mass is 16.5. The number of benzene rings is 1. The van der Waals surface area contributed by atoms with Gasteiger partial charge in [0.2, 0.25) is 0 Å². The molecule has 0 aromatic heterocycles. The zero-order valence-corrected chi connectivity index (χ0v) is 11.5. The molecule has 0 spiro atoms. The molecule has 1 unspecified atom stereocenters. The number of methoxy groups -OCH3 is 1. The SMILES string of the molecule is CCC(C)Oc1ccc(OC)cc1CNC1CC1. The average Bonchev–Trinajstić information content (AvgIpc) is 3.21. The molecule has 0 bridgehead atoms. The van der Waals surface area contributed by atoms with Crippen LogP contribution in [0.3, 0.4) is 0 Å². The molecule has 1 aromatic carbocycles. The van der Waals surface area contributed by atoms with E-state index in [4.69, 9.17) is 9.47 Å². The van der Waals surface area contributed by atoms with Crippen LogP contribution in [0.5, 0.6) is 11.5 Å². The lowest BCUT2D eigenvalue weighted by Crippen LogP contribution is -2.17. The Morgan fingerprint density at radius 2 is 2.17 bits per heavy atom. The van der Waals surface area contributed by atoms with Gasteiger partial charge in [0.15, 0.2) is 0 Å². The Bertz CT molecular complexity index is 388. The maximum absolute atomic E-state index is 5.95. The van der Waals surface area contributed by atoms with Gasteiger partial charge in [-0.25, -0.2) is 0 Å². The van der Waals surface area contributed by atoms with Crippen molar-refractivity contribution >= 4 is 0 Å². The normalized spacial score (nSPS) is 16.4. The first-order chi connectivity index (χ1) is 8.72. The molecule has 1 N–H and O–H groups in total. The molecule has 1 saturated carbocycles. The van der Waals surface area contributed by atoms with Gasteiger partial charge in [-0.2, -0.15) is 0 Å². The minimum Gasteiger partial charge on any atom is -0.497 e. The van der Waals surface area contributed by atoms with E-state index >= 15 is 0 Å². The maximum Gasteiger partial charge on any atom is 0.124 e. The van der Waals surface area contributed by atoms with E-state index in [1.54, 1.807) is 7.11 Å². The van der Waals surface area contributed by atoms with Crippen molar-refractivity contribution in [2.75, 3.05) is 7.11 Å². The molecule has 0 amide bonds. The molecule has 1 atom stereocenters. The number of nitrogens with one attached hydrogen (secondary N) is 1. The average molecular weight is 249 g/mol. The van der Waals surface area contributed by atoms with Crippen molar-refractivity contribution in [1.82, 2.24) is 5.32 Å². The zero-order valence-electron chi connectivity index (χ0n) is 11.5. The molecule has 0 radical (unpaired) electrons. The Labute approximate surface area is 109 Å². The molecule has 18 heavy (non-hydrogen) atoms. The second-order valence-electron chi connectivity index (χ2n) is 4.97. The molecule has 1 aliphatic rings. The number of hydrogen-bond acceptors (Lipinski definition) is 3. The van der Waals surface area contributed by atoms with Crippen molar-refractivity contribution in [2.45, 2.75) is 51.8 Å². The molecule has 1 aliphatic carbocycles. The van der Waals surface area contributed by atoms with E-state index in [1.165, 1.54) is 18.4 Å². The van der Waals surface area contributed by atoms with E-state index in [-0.39, 0.29) is 6.10 Å². The van der Waals surface area contributed by atoms with Crippen LogP contribution >= 0.6 is 0 Å². The molecule has 0 aliphatic heterocycles. The van der Waals surface area contributed by atoms with Crippen molar-refractivity contribution in [3.63, 3.8) is 0 Å². The van der Waals surface area contributed by atoms with Gasteiger partial charge in [-0.3, -0.25) is 0 Å². The lowest BCUT2D eigenvalue weighted by molar-refractivity contribution is 0.214. The highest BCUT2D eigenvalue weighted by Crippen LogP contribution is 2.27. The fraction of sp³-hybridized carbons (Fsp3) is 0.600. The highest BCUT2D eigenvalue weighted by Gasteiger charge is 2.21. The first kappa shape index (κ1) is 13.2. The summed E-state index contributed by atoms with van der Waals surface area (Å²) in [4.78, 5) is 0. The van der Waals surface area contributed by atoms with Crippen molar-refractivity contribution in [2.24, 2.45) is 0 Å². The summed E-state index contributed by atoms with van der Waals surface area (Å²) in [7, 11) is 1.70. The fourth-order valence-electron chi connectivity index (χ4n) is 1.78.